The maximum atomic E-state index is 11.3. The van der Waals surface area contributed by atoms with E-state index < -0.39 is 9.84 Å². The second-order valence-corrected chi connectivity index (χ2v) is 7.53. The summed E-state index contributed by atoms with van der Waals surface area (Å²) in [7, 11) is -2.80. The first-order valence-corrected chi connectivity index (χ1v) is 8.07. The van der Waals surface area contributed by atoms with Crippen molar-refractivity contribution in [1.29, 1.82) is 0 Å². The smallest absolute Gasteiger partial charge is 0.150 e. The van der Waals surface area contributed by atoms with E-state index in [2.05, 4.69) is 21.2 Å². The van der Waals surface area contributed by atoms with Gasteiger partial charge in [0, 0.05) is 11.0 Å². The van der Waals surface area contributed by atoms with Gasteiger partial charge in [0.25, 0.3) is 0 Å². The number of nitrogens with two attached hydrogens (primary N) is 1. The molecule has 0 spiro atoms. The SMILES string of the molecule is Nc1cc(Br)ccc1NCC1CCS(=O)(=O)C1. The fourth-order valence-electron chi connectivity index (χ4n) is 1.98. The molecular weight excluding hydrogens is 304 g/mol. The molecule has 3 N–H and O–H groups in total. The van der Waals surface area contributed by atoms with Crippen LogP contribution < -0.4 is 11.1 Å². The Morgan fingerprint density at radius 1 is 1.47 bits per heavy atom. The topological polar surface area (TPSA) is 72.2 Å². The Kier molecular flexibility index (Phi) is 3.63. The van der Waals surface area contributed by atoms with Crippen LogP contribution in [0.15, 0.2) is 22.7 Å². The predicted octanol–water partition coefficient (Wildman–Crippen LogP) is 1.88. The van der Waals surface area contributed by atoms with Crippen molar-refractivity contribution in [2.24, 2.45) is 5.92 Å². The molecule has 1 aliphatic heterocycles. The Morgan fingerprint density at radius 2 is 2.24 bits per heavy atom. The summed E-state index contributed by atoms with van der Waals surface area (Å²) in [4.78, 5) is 0. The predicted molar refractivity (Wildman–Crippen MR) is 73.8 cm³/mol. The van der Waals surface area contributed by atoms with Crippen LogP contribution in [0.2, 0.25) is 0 Å². The van der Waals surface area contributed by atoms with E-state index in [0.717, 1.165) is 16.6 Å². The molecule has 1 atom stereocenters. The molecule has 17 heavy (non-hydrogen) atoms. The molecule has 0 saturated carbocycles. The normalized spacial score (nSPS) is 22.5. The van der Waals surface area contributed by atoms with E-state index in [1.807, 2.05) is 18.2 Å². The molecule has 1 fully saturated rings. The molecule has 0 amide bonds. The number of halogens is 1. The van der Waals surface area contributed by atoms with Crippen LogP contribution in [-0.4, -0.2) is 26.5 Å². The zero-order valence-electron chi connectivity index (χ0n) is 9.32. The summed E-state index contributed by atoms with van der Waals surface area (Å²) in [5.74, 6) is 0.800. The highest BCUT2D eigenvalue weighted by molar-refractivity contribution is 9.10. The molecule has 1 saturated heterocycles. The maximum Gasteiger partial charge on any atom is 0.150 e. The first-order chi connectivity index (χ1) is 7.96. The fraction of sp³-hybridized carbons (Fsp3) is 0.455. The first kappa shape index (κ1) is 12.7. The van der Waals surface area contributed by atoms with Crippen LogP contribution in [0.25, 0.3) is 0 Å². The van der Waals surface area contributed by atoms with E-state index in [0.29, 0.717) is 18.0 Å². The van der Waals surface area contributed by atoms with Crippen molar-refractivity contribution in [3.05, 3.63) is 22.7 Å². The van der Waals surface area contributed by atoms with Gasteiger partial charge < -0.3 is 11.1 Å². The Hall–Kier alpha value is -0.750. The van der Waals surface area contributed by atoms with Gasteiger partial charge in [-0.25, -0.2) is 8.42 Å². The second kappa shape index (κ2) is 4.86. The minimum Gasteiger partial charge on any atom is -0.397 e. The van der Waals surface area contributed by atoms with Gasteiger partial charge in [-0.1, -0.05) is 15.9 Å². The Morgan fingerprint density at radius 3 is 2.82 bits per heavy atom. The summed E-state index contributed by atoms with van der Waals surface area (Å²) in [5, 5.41) is 3.21. The van der Waals surface area contributed by atoms with Crippen molar-refractivity contribution < 1.29 is 8.42 Å². The molecule has 94 valence electrons. The second-order valence-electron chi connectivity index (χ2n) is 4.38. The largest absolute Gasteiger partial charge is 0.397 e. The van der Waals surface area contributed by atoms with Gasteiger partial charge in [0.05, 0.1) is 22.9 Å². The third kappa shape index (κ3) is 3.35. The van der Waals surface area contributed by atoms with E-state index >= 15 is 0 Å². The van der Waals surface area contributed by atoms with E-state index in [1.54, 1.807) is 0 Å². The third-order valence-corrected chi connectivity index (χ3v) is 5.25. The van der Waals surface area contributed by atoms with Gasteiger partial charge in [-0.2, -0.15) is 0 Å². The quantitative estimate of drug-likeness (QED) is 0.835. The molecule has 1 unspecified atom stereocenters. The van der Waals surface area contributed by atoms with Crippen LogP contribution in [0, 0.1) is 5.92 Å². The van der Waals surface area contributed by atoms with E-state index in [1.165, 1.54) is 0 Å². The molecular formula is C11H15BrN2O2S. The maximum absolute atomic E-state index is 11.3. The molecule has 4 nitrogen and oxygen atoms in total. The van der Waals surface area contributed by atoms with Gasteiger partial charge >= 0.3 is 0 Å². The molecule has 1 aromatic rings. The zero-order chi connectivity index (χ0) is 12.5. The third-order valence-electron chi connectivity index (χ3n) is 2.92. The average Bonchev–Trinajstić information content (AvgIpc) is 2.57. The van der Waals surface area contributed by atoms with Crippen LogP contribution in [0.3, 0.4) is 0 Å². The number of hydrogen-bond acceptors (Lipinski definition) is 4. The highest BCUT2D eigenvalue weighted by atomic mass is 79.9. The molecule has 1 heterocycles. The lowest BCUT2D eigenvalue weighted by atomic mass is 10.1. The molecule has 1 aliphatic rings. The number of benzene rings is 1. The summed E-state index contributed by atoms with van der Waals surface area (Å²) in [6.07, 6.45) is 0.742. The summed E-state index contributed by atoms with van der Waals surface area (Å²) in [5.41, 5.74) is 7.37. The standard InChI is InChI=1S/C11H15BrN2O2S/c12-9-1-2-11(10(13)5-9)14-6-8-3-4-17(15,16)7-8/h1-2,5,8,14H,3-4,6-7,13H2. The average molecular weight is 319 g/mol. The lowest BCUT2D eigenvalue weighted by Gasteiger charge is -2.12. The summed E-state index contributed by atoms with van der Waals surface area (Å²) < 4.78 is 23.5. The van der Waals surface area contributed by atoms with Crippen LogP contribution in [0.5, 0.6) is 0 Å². The number of rotatable bonds is 3. The Labute approximate surface area is 110 Å². The molecule has 0 aliphatic carbocycles. The minimum absolute atomic E-state index is 0.197. The molecule has 0 aromatic heterocycles. The van der Waals surface area contributed by atoms with Crippen molar-refractivity contribution in [3.8, 4) is 0 Å². The van der Waals surface area contributed by atoms with E-state index in [4.69, 9.17) is 5.73 Å². The van der Waals surface area contributed by atoms with Crippen molar-refractivity contribution in [2.45, 2.75) is 6.42 Å². The van der Waals surface area contributed by atoms with Crippen molar-refractivity contribution in [1.82, 2.24) is 0 Å². The molecule has 2 rings (SSSR count). The molecule has 0 radical (unpaired) electrons. The lowest BCUT2D eigenvalue weighted by Crippen LogP contribution is -2.16. The molecule has 1 aromatic carbocycles. The van der Waals surface area contributed by atoms with Crippen LogP contribution in [-0.2, 0) is 9.84 Å². The van der Waals surface area contributed by atoms with E-state index in [9.17, 15) is 8.42 Å². The summed E-state index contributed by atoms with van der Waals surface area (Å²) in [6, 6.07) is 5.63. The monoisotopic (exact) mass is 318 g/mol. The lowest BCUT2D eigenvalue weighted by molar-refractivity contribution is 0.596. The van der Waals surface area contributed by atoms with Gasteiger partial charge in [-0.15, -0.1) is 0 Å². The Balaban J connectivity index is 1.95. The highest BCUT2D eigenvalue weighted by Gasteiger charge is 2.27. The number of sulfone groups is 1. The fourth-order valence-corrected chi connectivity index (χ4v) is 4.22. The number of anilines is 2. The molecule has 0 bridgehead atoms. The van der Waals surface area contributed by atoms with Gasteiger partial charge in [-0.3, -0.25) is 0 Å². The van der Waals surface area contributed by atoms with Crippen LogP contribution in [0.1, 0.15) is 6.42 Å². The van der Waals surface area contributed by atoms with Gasteiger partial charge in [0.1, 0.15) is 0 Å². The molecule has 6 heteroatoms. The summed E-state index contributed by atoms with van der Waals surface area (Å²) in [6.45, 7) is 0.658. The van der Waals surface area contributed by atoms with Crippen molar-refractivity contribution in [2.75, 3.05) is 29.1 Å². The van der Waals surface area contributed by atoms with Crippen LogP contribution >= 0.6 is 15.9 Å². The van der Waals surface area contributed by atoms with Gasteiger partial charge in [-0.05, 0) is 30.5 Å². The highest BCUT2D eigenvalue weighted by Crippen LogP contribution is 2.24. The Bertz CT molecular complexity index is 516. The van der Waals surface area contributed by atoms with Crippen LogP contribution in [0.4, 0.5) is 11.4 Å². The van der Waals surface area contributed by atoms with Gasteiger partial charge in [0.15, 0.2) is 9.84 Å². The number of nitrogens with one attached hydrogen (secondary N) is 1. The van der Waals surface area contributed by atoms with Gasteiger partial charge in [0.2, 0.25) is 0 Å². The van der Waals surface area contributed by atoms with Crippen molar-refractivity contribution in [3.63, 3.8) is 0 Å². The first-order valence-electron chi connectivity index (χ1n) is 5.45. The van der Waals surface area contributed by atoms with Crippen molar-refractivity contribution >= 4 is 37.1 Å². The minimum atomic E-state index is -2.80. The summed E-state index contributed by atoms with van der Waals surface area (Å²) >= 11 is 3.34. The van der Waals surface area contributed by atoms with E-state index in [-0.39, 0.29) is 11.7 Å². The number of nitrogen functional groups attached to an aromatic ring is 1. The number of hydrogen-bond donors (Lipinski definition) is 2. The zero-order valence-corrected chi connectivity index (χ0v) is 11.7.